The van der Waals surface area contributed by atoms with Gasteiger partial charge in [-0.2, -0.15) is 0 Å². The predicted octanol–water partition coefficient (Wildman–Crippen LogP) is 2.85. The minimum absolute atomic E-state index is 0.0660. The Morgan fingerprint density at radius 1 is 1.50 bits per heavy atom. The molecule has 0 aromatic heterocycles. The summed E-state index contributed by atoms with van der Waals surface area (Å²) in [7, 11) is 0. The van der Waals surface area contributed by atoms with Crippen LogP contribution in [0.5, 0.6) is 0 Å². The Morgan fingerprint density at radius 3 is 3.05 bits per heavy atom. The molecule has 1 aromatic rings. The highest BCUT2D eigenvalue weighted by Gasteiger charge is 2.15. The quantitative estimate of drug-likeness (QED) is 0.837. The van der Waals surface area contributed by atoms with Gasteiger partial charge in [0.2, 0.25) is 5.91 Å². The van der Waals surface area contributed by atoms with E-state index in [1.807, 2.05) is 19.1 Å². The van der Waals surface area contributed by atoms with Crippen LogP contribution in [0.15, 0.2) is 22.7 Å². The summed E-state index contributed by atoms with van der Waals surface area (Å²) in [5, 5.41) is 6.18. The Balaban J connectivity index is 1.65. The predicted molar refractivity (Wildman–Crippen MR) is 84.0 cm³/mol. The van der Waals surface area contributed by atoms with E-state index in [0.29, 0.717) is 19.5 Å². The summed E-state index contributed by atoms with van der Waals surface area (Å²) in [6.07, 6.45) is 2.82. The Hall–Kier alpha value is -1.07. The number of aryl methyl sites for hydroxylation is 1. The molecule has 2 rings (SSSR count). The first-order valence-corrected chi connectivity index (χ1v) is 7.83. The minimum Gasteiger partial charge on any atom is -0.384 e. The van der Waals surface area contributed by atoms with E-state index in [-0.39, 0.29) is 12.0 Å². The van der Waals surface area contributed by atoms with E-state index in [4.69, 9.17) is 4.74 Å². The van der Waals surface area contributed by atoms with Gasteiger partial charge in [-0.15, -0.1) is 0 Å². The zero-order valence-electron chi connectivity index (χ0n) is 11.7. The van der Waals surface area contributed by atoms with Gasteiger partial charge >= 0.3 is 0 Å². The largest absolute Gasteiger partial charge is 0.384 e. The standard InChI is InChI=1S/C15H21BrN2O2/c1-11-4-5-14(13(16)9-11)17-7-6-15(19)18-10-12-3-2-8-20-12/h4-5,9,12,17H,2-3,6-8,10H2,1H3,(H,18,19). The number of carbonyl (C=O) groups is 1. The number of nitrogens with one attached hydrogen (secondary N) is 2. The zero-order valence-corrected chi connectivity index (χ0v) is 13.3. The van der Waals surface area contributed by atoms with Crippen molar-refractivity contribution in [2.24, 2.45) is 0 Å². The van der Waals surface area contributed by atoms with Gasteiger partial charge in [-0.05, 0) is 53.4 Å². The second-order valence-electron chi connectivity index (χ2n) is 5.10. The van der Waals surface area contributed by atoms with Crippen LogP contribution >= 0.6 is 15.9 Å². The van der Waals surface area contributed by atoms with Crippen molar-refractivity contribution in [3.8, 4) is 0 Å². The molecule has 0 saturated carbocycles. The number of carbonyl (C=O) groups excluding carboxylic acids is 1. The third-order valence-electron chi connectivity index (χ3n) is 3.34. The average Bonchev–Trinajstić information content (AvgIpc) is 2.92. The van der Waals surface area contributed by atoms with Crippen LogP contribution in [0.3, 0.4) is 0 Å². The second kappa shape index (κ2) is 7.64. The molecule has 0 bridgehead atoms. The molecule has 20 heavy (non-hydrogen) atoms. The average molecular weight is 341 g/mol. The fourth-order valence-corrected chi connectivity index (χ4v) is 2.83. The monoisotopic (exact) mass is 340 g/mol. The van der Waals surface area contributed by atoms with Crippen LogP contribution in [0.4, 0.5) is 5.69 Å². The van der Waals surface area contributed by atoms with Crippen LogP contribution in [-0.4, -0.2) is 31.7 Å². The van der Waals surface area contributed by atoms with E-state index >= 15 is 0 Å². The lowest BCUT2D eigenvalue weighted by Gasteiger charge is -2.12. The number of ether oxygens (including phenoxy) is 1. The number of amides is 1. The van der Waals surface area contributed by atoms with Crippen LogP contribution in [0.2, 0.25) is 0 Å². The number of halogens is 1. The lowest BCUT2D eigenvalue weighted by atomic mass is 10.2. The van der Waals surface area contributed by atoms with Crippen molar-refractivity contribution in [3.05, 3.63) is 28.2 Å². The second-order valence-corrected chi connectivity index (χ2v) is 5.95. The van der Waals surface area contributed by atoms with Gasteiger partial charge in [0, 0.05) is 36.3 Å². The molecule has 0 spiro atoms. The van der Waals surface area contributed by atoms with Crippen molar-refractivity contribution < 1.29 is 9.53 Å². The normalized spacial score (nSPS) is 18.0. The van der Waals surface area contributed by atoms with Gasteiger partial charge < -0.3 is 15.4 Å². The number of benzene rings is 1. The Labute approximate surface area is 128 Å². The summed E-state index contributed by atoms with van der Waals surface area (Å²) in [5.41, 5.74) is 2.22. The topological polar surface area (TPSA) is 50.4 Å². The molecule has 1 heterocycles. The molecule has 1 aliphatic rings. The van der Waals surface area contributed by atoms with Crippen LogP contribution in [-0.2, 0) is 9.53 Å². The Morgan fingerprint density at radius 2 is 2.35 bits per heavy atom. The molecule has 1 unspecified atom stereocenters. The molecule has 1 amide bonds. The zero-order chi connectivity index (χ0) is 14.4. The number of rotatable bonds is 6. The highest BCUT2D eigenvalue weighted by Crippen LogP contribution is 2.23. The first-order chi connectivity index (χ1) is 9.65. The molecule has 1 aliphatic heterocycles. The summed E-state index contributed by atoms with van der Waals surface area (Å²) in [6, 6.07) is 6.12. The third-order valence-corrected chi connectivity index (χ3v) is 4.00. The maximum atomic E-state index is 11.7. The van der Waals surface area contributed by atoms with Crippen molar-refractivity contribution in [2.75, 3.05) is 25.0 Å². The van der Waals surface area contributed by atoms with Gasteiger partial charge in [0.25, 0.3) is 0 Å². The van der Waals surface area contributed by atoms with Gasteiger partial charge in [-0.25, -0.2) is 0 Å². The van der Waals surface area contributed by atoms with Crippen molar-refractivity contribution in [3.63, 3.8) is 0 Å². The molecule has 1 aromatic carbocycles. The summed E-state index contributed by atoms with van der Waals surface area (Å²) in [5.74, 6) is 0.0660. The Kier molecular flexibility index (Phi) is 5.86. The lowest BCUT2D eigenvalue weighted by molar-refractivity contribution is -0.121. The van der Waals surface area contributed by atoms with Crippen LogP contribution < -0.4 is 10.6 Å². The number of anilines is 1. The molecule has 1 atom stereocenters. The molecule has 2 N–H and O–H groups in total. The van der Waals surface area contributed by atoms with Crippen LogP contribution in [0, 0.1) is 6.92 Å². The first kappa shape index (κ1) is 15.3. The summed E-state index contributed by atoms with van der Waals surface area (Å²) in [4.78, 5) is 11.7. The molecular formula is C15H21BrN2O2. The van der Waals surface area contributed by atoms with Crippen molar-refractivity contribution in [2.45, 2.75) is 32.3 Å². The number of hydrogen-bond acceptors (Lipinski definition) is 3. The summed E-state index contributed by atoms with van der Waals surface area (Å²) < 4.78 is 6.49. The molecule has 5 heteroatoms. The number of hydrogen-bond donors (Lipinski definition) is 2. The van der Waals surface area contributed by atoms with Gasteiger partial charge in [0.1, 0.15) is 0 Å². The van der Waals surface area contributed by atoms with Gasteiger partial charge in [-0.1, -0.05) is 6.07 Å². The molecule has 0 radical (unpaired) electrons. The van der Waals surface area contributed by atoms with Crippen LogP contribution in [0.25, 0.3) is 0 Å². The molecule has 1 saturated heterocycles. The van der Waals surface area contributed by atoms with Gasteiger partial charge in [-0.3, -0.25) is 4.79 Å². The minimum atomic E-state index is 0.0660. The van der Waals surface area contributed by atoms with Gasteiger partial charge in [0.05, 0.1) is 6.10 Å². The molecule has 0 aliphatic carbocycles. The summed E-state index contributed by atoms with van der Waals surface area (Å²) >= 11 is 3.51. The highest BCUT2D eigenvalue weighted by molar-refractivity contribution is 9.10. The smallest absolute Gasteiger partial charge is 0.221 e. The van der Waals surface area contributed by atoms with Crippen molar-refractivity contribution in [1.82, 2.24) is 5.32 Å². The van der Waals surface area contributed by atoms with E-state index in [1.54, 1.807) is 0 Å². The van der Waals surface area contributed by atoms with E-state index in [9.17, 15) is 4.79 Å². The SMILES string of the molecule is Cc1ccc(NCCC(=O)NCC2CCCO2)c(Br)c1. The van der Waals surface area contributed by atoms with Crippen LogP contribution in [0.1, 0.15) is 24.8 Å². The van der Waals surface area contributed by atoms with E-state index in [2.05, 4.69) is 32.6 Å². The lowest BCUT2D eigenvalue weighted by Crippen LogP contribution is -2.32. The summed E-state index contributed by atoms with van der Waals surface area (Å²) in [6.45, 7) is 4.13. The maximum absolute atomic E-state index is 11.7. The van der Waals surface area contributed by atoms with Crippen molar-refractivity contribution >= 4 is 27.5 Å². The molecule has 1 fully saturated rings. The molecule has 110 valence electrons. The third kappa shape index (κ3) is 4.80. The Bertz CT molecular complexity index is 459. The van der Waals surface area contributed by atoms with E-state index < -0.39 is 0 Å². The first-order valence-electron chi connectivity index (χ1n) is 7.03. The molecular weight excluding hydrogens is 320 g/mol. The highest BCUT2D eigenvalue weighted by atomic mass is 79.9. The van der Waals surface area contributed by atoms with E-state index in [0.717, 1.165) is 29.6 Å². The van der Waals surface area contributed by atoms with Crippen molar-refractivity contribution in [1.29, 1.82) is 0 Å². The molecule has 4 nitrogen and oxygen atoms in total. The van der Waals surface area contributed by atoms with E-state index in [1.165, 1.54) is 5.56 Å². The van der Waals surface area contributed by atoms with Gasteiger partial charge in [0.15, 0.2) is 0 Å². The fraction of sp³-hybridized carbons (Fsp3) is 0.533. The fourth-order valence-electron chi connectivity index (χ4n) is 2.20. The maximum Gasteiger partial charge on any atom is 0.221 e.